The Bertz CT molecular complexity index is 1360. The standard InChI is InChI=1S/C24H21F2N3O5/c1-14-18(23(32)29(28-14)11-3-6-21(30)24(33)34)13-27-20-5-2-4-16(22(20)31)8-7-15-9-10-17(25)12-19(15)26/h2,4-5,7-10,12-13,28,31H,3,6,11H2,1H3,(H,33,34)/b8-7+,27-13?. The van der Waals surface area contributed by atoms with Crippen molar-refractivity contribution in [1.82, 2.24) is 9.78 Å². The first-order valence-corrected chi connectivity index (χ1v) is 10.2. The minimum atomic E-state index is -1.51. The maximum atomic E-state index is 13.8. The van der Waals surface area contributed by atoms with Crippen molar-refractivity contribution in [3.63, 3.8) is 0 Å². The fraction of sp³-hybridized carbons (Fsp3) is 0.167. The van der Waals surface area contributed by atoms with E-state index in [0.29, 0.717) is 11.3 Å². The number of ketones is 1. The third-order valence-corrected chi connectivity index (χ3v) is 4.99. The molecule has 3 N–H and O–H groups in total. The lowest BCUT2D eigenvalue weighted by molar-refractivity contribution is -0.149. The summed E-state index contributed by atoms with van der Waals surface area (Å²) in [5.41, 5.74) is 0.971. The molecule has 0 bridgehead atoms. The molecule has 0 aliphatic carbocycles. The van der Waals surface area contributed by atoms with E-state index in [1.54, 1.807) is 19.1 Å². The number of phenols is 1. The van der Waals surface area contributed by atoms with Crippen molar-refractivity contribution < 1.29 is 28.6 Å². The zero-order valence-electron chi connectivity index (χ0n) is 18.1. The van der Waals surface area contributed by atoms with Crippen LogP contribution in [0.4, 0.5) is 14.5 Å². The van der Waals surface area contributed by atoms with Crippen LogP contribution in [0.2, 0.25) is 0 Å². The molecule has 1 heterocycles. The highest BCUT2D eigenvalue weighted by molar-refractivity contribution is 6.32. The first kappa shape index (κ1) is 24.3. The topological polar surface area (TPSA) is 125 Å². The number of carboxylic acid groups (broad SMARTS) is 1. The van der Waals surface area contributed by atoms with Gasteiger partial charge in [0.05, 0.1) is 5.56 Å². The molecule has 0 radical (unpaired) electrons. The molecule has 0 aliphatic rings. The molecule has 0 saturated carbocycles. The van der Waals surface area contributed by atoms with Gasteiger partial charge in [-0.15, -0.1) is 0 Å². The van der Waals surface area contributed by atoms with Crippen LogP contribution in [-0.2, 0) is 16.1 Å². The fourth-order valence-electron chi connectivity index (χ4n) is 3.17. The van der Waals surface area contributed by atoms with E-state index in [2.05, 4.69) is 10.1 Å². The van der Waals surface area contributed by atoms with Gasteiger partial charge >= 0.3 is 5.97 Å². The molecule has 0 saturated heterocycles. The number of aliphatic imine (C=N–C) groups is 1. The van der Waals surface area contributed by atoms with Crippen LogP contribution >= 0.6 is 0 Å². The van der Waals surface area contributed by atoms with Crippen LogP contribution in [0.3, 0.4) is 0 Å². The number of phenolic OH excluding ortho intramolecular Hbond substituents is 1. The number of hydrogen-bond acceptors (Lipinski definition) is 5. The number of para-hydroxylation sites is 1. The van der Waals surface area contributed by atoms with Gasteiger partial charge in [-0.2, -0.15) is 0 Å². The molecule has 8 nitrogen and oxygen atoms in total. The third-order valence-electron chi connectivity index (χ3n) is 4.99. The van der Waals surface area contributed by atoms with E-state index in [-0.39, 0.29) is 42.0 Å². The molecule has 3 aromatic rings. The Morgan fingerprint density at radius 3 is 2.59 bits per heavy atom. The quantitative estimate of drug-likeness (QED) is 0.250. The number of nitrogens with one attached hydrogen (secondary N) is 1. The average molecular weight is 469 g/mol. The largest absolute Gasteiger partial charge is 0.505 e. The number of aromatic nitrogens is 2. The van der Waals surface area contributed by atoms with Crippen LogP contribution in [0.25, 0.3) is 12.2 Å². The second kappa shape index (κ2) is 10.5. The highest BCUT2D eigenvalue weighted by atomic mass is 19.1. The van der Waals surface area contributed by atoms with Crippen molar-refractivity contribution >= 4 is 35.8 Å². The van der Waals surface area contributed by atoms with E-state index in [1.165, 1.54) is 35.2 Å². The van der Waals surface area contributed by atoms with Crippen LogP contribution in [-0.4, -0.2) is 38.0 Å². The zero-order valence-corrected chi connectivity index (χ0v) is 18.1. The molecule has 0 unspecified atom stereocenters. The Morgan fingerprint density at radius 2 is 1.88 bits per heavy atom. The molecule has 0 fully saturated rings. The molecule has 3 rings (SSSR count). The molecule has 2 aromatic carbocycles. The first-order valence-electron chi connectivity index (χ1n) is 10.2. The normalized spacial score (nSPS) is 11.5. The third kappa shape index (κ3) is 5.71. The smallest absolute Gasteiger partial charge is 0.372 e. The lowest BCUT2D eigenvalue weighted by Crippen LogP contribution is -2.20. The summed E-state index contributed by atoms with van der Waals surface area (Å²) < 4.78 is 28.1. The number of aliphatic carboxylic acids is 1. The van der Waals surface area contributed by atoms with Crippen molar-refractivity contribution in [2.24, 2.45) is 4.99 Å². The number of H-pyrrole nitrogens is 1. The minimum Gasteiger partial charge on any atom is -0.505 e. The second-order valence-corrected chi connectivity index (χ2v) is 7.41. The second-order valence-electron chi connectivity index (χ2n) is 7.41. The number of aryl methyl sites for hydroxylation is 2. The molecular weight excluding hydrogens is 448 g/mol. The Balaban J connectivity index is 1.78. The van der Waals surface area contributed by atoms with Gasteiger partial charge in [-0.25, -0.2) is 13.6 Å². The van der Waals surface area contributed by atoms with Crippen molar-refractivity contribution in [3.05, 3.63) is 80.8 Å². The number of aromatic amines is 1. The van der Waals surface area contributed by atoms with E-state index in [0.717, 1.165) is 12.1 Å². The summed E-state index contributed by atoms with van der Waals surface area (Å²) >= 11 is 0. The lowest BCUT2D eigenvalue weighted by atomic mass is 10.1. The summed E-state index contributed by atoms with van der Waals surface area (Å²) in [6, 6.07) is 7.89. The number of benzene rings is 2. The van der Waals surface area contributed by atoms with E-state index in [4.69, 9.17) is 5.11 Å². The van der Waals surface area contributed by atoms with Crippen molar-refractivity contribution in [2.75, 3.05) is 0 Å². The van der Waals surface area contributed by atoms with Gasteiger partial charge in [0.1, 0.15) is 23.1 Å². The van der Waals surface area contributed by atoms with Crippen LogP contribution < -0.4 is 5.56 Å². The molecule has 0 spiro atoms. The monoisotopic (exact) mass is 469 g/mol. The number of nitrogens with zero attached hydrogens (tertiary/aromatic N) is 2. The number of aromatic hydroxyl groups is 1. The lowest BCUT2D eigenvalue weighted by Gasteiger charge is -2.03. The molecule has 34 heavy (non-hydrogen) atoms. The molecule has 0 atom stereocenters. The highest BCUT2D eigenvalue weighted by Crippen LogP contribution is 2.31. The Hall–Kier alpha value is -4.34. The molecule has 1 aromatic heterocycles. The molecule has 0 aliphatic heterocycles. The Labute approximate surface area is 192 Å². The summed E-state index contributed by atoms with van der Waals surface area (Å²) in [6.45, 7) is 1.77. The zero-order chi connectivity index (χ0) is 24.8. The number of carbonyl (C=O) groups excluding carboxylic acids is 1. The van der Waals surface area contributed by atoms with Crippen LogP contribution in [0.1, 0.15) is 35.2 Å². The van der Waals surface area contributed by atoms with Crippen LogP contribution in [0.5, 0.6) is 5.75 Å². The van der Waals surface area contributed by atoms with Crippen molar-refractivity contribution in [3.8, 4) is 5.75 Å². The number of carboxylic acids is 1. The summed E-state index contributed by atoms with van der Waals surface area (Å²) in [4.78, 5) is 38.5. The number of Topliss-reactive ketones (excluding diaryl/α,β-unsaturated/α-hetero) is 1. The summed E-state index contributed by atoms with van der Waals surface area (Å²) in [5.74, 6) is -4.07. The summed E-state index contributed by atoms with van der Waals surface area (Å²) in [7, 11) is 0. The van der Waals surface area contributed by atoms with Crippen LogP contribution in [0, 0.1) is 18.6 Å². The van der Waals surface area contributed by atoms with Gasteiger partial charge in [0, 0.05) is 42.1 Å². The van der Waals surface area contributed by atoms with Gasteiger partial charge in [-0.05, 0) is 31.5 Å². The number of hydrogen-bond donors (Lipinski definition) is 3. The average Bonchev–Trinajstić information content (AvgIpc) is 3.05. The maximum absolute atomic E-state index is 13.8. The van der Waals surface area contributed by atoms with Gasteiger partial charge in [-0.1, -0.05) is 24.3 Å². The van der Waals surface area contributed by atoms with E-state index in [9.17, 15) is 28.3 Å². The Kier molecular flexibility index (Phi) is 7.52. The summed E-state index contributed by atoms with van der Waals surface area (Å²) in [5, 5.41) is 22.0. The number of halogens is 2. The predicted octanol–water partition coefficient (Wildman–Crippen LogP) is 3.82. The number of rotatable bonds is 9. The molecule has 0 amide bonds. The SMILES string of the molecule is Cc1[nH]n(CCCC(=O)C(=O)O)c(=O)c1C=Nc1cccc(/C=C/c2ccc(F)cc2F)c1O. The van der Waals surface area contributed by atoms with Crippen LogP contribution in [0.15, 0.2) is 46.2 Å². The highest BCUT2D eigenvalue weighted by Gasteiger charge is 2.13. The van der Waals surface area contributed by atoms with Gasteiger partial charge in [-0.3, -0.25) is 24.4 Å². The van der Waals surface area contributed by atoms with E-state index in [1.807, 2.05) is 0 Å². The van der Waals surface area contributed by atoms with E-state index < -0.39 is 28.9 Å². The summed E-state index contributed by atoms with van der Waals surface area (Å²) in [6.07, 6.45) is 4.11. The van der Waals surface area contributed by atoms with Gasteiger partial charge in [0.2, 0.25) is 5.78 Å². The van der Waals surface area contributed by atoms with Gasteiger partial charge in [0.15, 0.2) is 0 Å². The maximum Gasteiger partial charge on any atom is 0.372 e. The van der Waals surface area contributed by atoms with Gasteiger partial charge < -0.3 is 10.2 Å². The Morgan fingerprint density at radius 1 is 1.15 bits per heavy atom. The fourth-order valence-corrected chi connectivity index (χ4v) is 3.17. The molecule has 176 valence electrons. The van der Waals surface area contributed by atoms with Crippen molar-refractivity contribution in [1.29, 1.82) is 0 Å². The van der Waals surface area contributed by atoms with E-state index >= 15 is 0 Å². The van der Waals surface area contributed by atoms with Crippen molar-refractivity contribution in [2.45, 2.75) is 26.3 Å². The first-order chi connectivity index (χ1) is 16.2. The molecular formula is C24H21F2N3O5. The minimum absolute atomic E-state index is 0.123. The predicted molar refractivity (Wildman–Crippen MR) is 122 cm³/mol. The van der Waals surface area contributed by atoms with Gasteiger partial charge in [0.25, 0.3) is 5.56 Å². The number of carbonyl (C=O) groups is 2. The molecule has 10 heteroatoms.